The van der Waals surface area contributed by atoms with E-state index in [0.29, 0.717) is 5.92 Å². The number of piperazine rings is 1. The number of aromatic nitrogens is 2. The van der Waals surface area contributed by atoms with Crippen LogP contribution in [0.15, 0.2) is 29.1 Å². The Balaban J connectivity index is 1.36. The number of aryl methyl sites for hydroxylation is 2. The van der Waals surface area contributed by atoms with Crippen molar-refractivity contribution in [1.29, 1.82) is 0 Å². The summed E-state index contributed by atoms with van der Waals surface area (Å²) in [6, 6.07) is 8.70. The summed E-state index contributed by atoms with van der Waals surface area (Å²) in [5, 5.41) is 0.849. The maximum Gasteiger partial charge on any atom is 0.259 e. The summed E-state index contributed by atoms with van der Waals surface area (Å²) < 4.78 is 0. The first-order valence-corrected chi connectivity index (χ1v) is 11.9. The number of hydrogen-bond acceptors (Lipinski definition) is 5. The van der Waals surface area contributed by atoms with Crippen molar-refractivity contribution in [1.82, 2.24) is 14.9 Å². The van der Waals surface area contributed by atoms with Gasteiger partial charge in [-0.2, -0.15) is 0 Å². The zero-order valence-corrected chi connectivity index (χ0v) is 18.9. The number of anilines is 1. The fraction of sp³-hybridized carbons (Fsp3) is 0.500. The van der Waals surface area contributed by atoms with E-state index in [2.05, 4.69) is 59.8 Å². The van der Waals surface area contributed by atoms with Gasteiger partial charge in [0.05, 0.1) is 11.4 Å². The molecule has 158 valence electrons. The molecule has 3 aromatic rings. The number of H-pyrrole nitrogens is 1. The number of aromatic amines is 1. The molecule has 30 heavy (non-hydrogen) atoms. The van der Waals surface area contributed by atoms with Gasteiger partial charge in [0.15, 0.2) is 0 Å². The molecular formula is C24H30N4OS. The van der Waals surface area contributed by atoms with Gasteiger partial charge in [-0.15, -0.1) is 11.3 Å². The Morgan fingerprint density at radius 3 is 2.73 bits per heavy atom. The highest BCUT2D eigenvalue weighted by molar-refractivity contribution is 7.18. The summed E-state index contributed by atoms with van der Waals surface area (Å²) in [4.78, 5) is 28.2. The third-order valence-electron chi connectivity index (χ3n) is 6.90. The summed E-state index contributed by atoms with van der Waals surface area (Å²) in [6.07, 6.45) is 3.26. The molecular weight excluding hydrogens is 392 g/mol. The van der Waals surface area contributed by atoms with Crippen LogP contribution in [0.4, 0.5) is 5.69 Å². The molecule has 2 aromatic heterocycles. The fourth-order valence-electron chi connectivity index (χ4n) is 5.00. The van der Waals surface area contributed by atoms with Crippen LogP contribution in [0.2, 0.25) is 0 Å². The number of para-hydroxylation sites is 1. The van der Waals surface area contributed by atoms with Gasteiger partial charge in [-0.3, -0.25) is 9.69 Å². The van der Waals surface area contributed by atoms with Crippen molar-refractivity contribution in [2.24, 2.45) is 5.92 Å². The molecule has 1 saturated heterocycles. The van der Waals surface area contributed by atoms with E-state index in [0.717, 1.165) is 55.1 Å². The predicted octanol–water partition coefficient (Wildman–Crippen LogP) is 4.30. The number of rotatable bonds is 3. The second-order valence-electron chi connectivity index (χ2n) is 8.97. The topological polar surface area (TPSA) is 52.2 Å². The lowest BCUT2D eigenvalue weighted by atomic mass is 9.89. The van der Waals surface area contributed by atoms with Crippen LogP contribution in [0.25, 0.3) is 10.2 Å². The molecule has 2 aliphatic rings. The first-order chi connectivity index (χ1) is 14.5. The third-order valence-corrected chi connectivity index (χ3v) is 8.05. The molecule has 0 unspecified atom stereocenters. The first kappa shape index (κ1) is 19.8. The predicted molar refractivity (Wildman–Crippen MR) is 125 cm³/mol. The van der Waals surface area contributed by atoms with Crippen molar-refractivity contribution < 1.29 is 0 Å². The molecule has 0 radical (unpaired) electrons. The quantitative estimate of drug-likeness (QED) is 0.684. The van der Waals surface area contributed by atoms with E-state index in [-0.39, 0.29) is 11.6 Å². The van der Waals surface area contributed by atoms with Gasteiger partial charge in [-0.25, -0.2) is 4.98 Å². The van der Waals surface area contributed by atoms with E-state index in [1.807, 2.05) is 0 Å². The van der Waals surface area contributed by atoms with Crippen LogP contribution < -0.4 is 10.5 Å². The van der Waals surface area contributed by atoms with Crippen molar-refractivity contribution in [3.63, 3.8) is 0 Å². The molecule has 5 nitrogen and oxygen atoms in total. The van der Waals surface area contributed by atoms with E-state index in [1.165, 1.54) is 28.1 Å². The number of nitrogens with zero attached hydrogens (tertiary/aromatic N) is 3. The zero-order valence-electron chi connectivity index (χ0n) is 18.1. The van der Waals surface area contributed by atoms with Crippen LogP contribution in [-0.4, -0.2) is 41.0 Å². The summed E-state index contributed by atoms with van der Waals surface area (Å²) in [6.45, 7) is 10.6. The highest BCUT2D eigenvalue weighted by Crippen LogP contribution is 2.36. The second-order valence-corrected chi connectivity index (χ2v) is 10.1. The summed E-state index contributed by atoms with van der Waals surface area (Å²) in [5.74, 6) is 1.51. The number of benzene rings is 1. The van der Waals surface area contributed by atoms with E-state index in [1.54, 1.807) is 11.3 Å². The van der Waals surface area contributed by atoms with Crippen molar-refractivity contribution in [3.05, 3.63) is 56.4 Å². The molecule has 0 saturated carbocycles. The SMILES string of the molecule is Cc1ccccc1N1CCN([C@H](C)c2nc3sc4c(c3c(=O)[nH]2)CC[C@H](C)C4)CC1. The van der Waals surface area contributed by atoms with Crippen molar-refractivity contribution in [3.8, 4) is 0 Å². The maximum atomic E-state index is 13.0. The smallest absolute Gasteiger partial charge is 0.259 e. The molecule has 0 spiro atoms. The van der Waals surface area contributed by atoms with Gasteiger partial charge in [0.25, 0.3) is 5.56 Å². The van der Waals surface area contributed by atoms with Gasteiger partial charge < -0.3 is 9.88 Å². The van der Waals surface area contributed by atoms with Crippen molar-refractivity contribution in [2.45, 2.75) is 46.1 Å². The molecule has 0 bridgehead atoms. The van der Waals surface area contributed by atoms with Gasteiger partial charge in [0, 0.05) is 36.7 Å². The highest BCUT2D eigenvalue weighted by Gasteiger charge is 2.27. The van der Waals surface area contributed by atoms with Gasteiger partial charge in [-0.1, -0.05) is 25.1 Å². The largest absolute Gasteiger partial charge is 0.369 e. The van der Waals surface area contributed by atoms with Crippen LogP contribution >= 0.6 is 11.3 Å². The van der Waals surface area contributed by atoms with E-state index in [9.17, 15) is 4.79 Å². The average Bonchev–Trinajstić information content (AvgIpc) is 3.11. The molecule has 1 fully saturated rings. The molecule has 5 rings (SSSR count). The Hall–Kier alpha value is -2.18. The van der Waals surface area contributed by atoms with Crippen LogP contribution in [0.1, 0.15) is 48.1 Å². The number of thiophene rings is 1. The average molecular weight is 423 g/mol. The number of fused-ring (bicyclic) bond motifs is 3. The van der Waals surface area contributed by atoms with Crippen LogP contribution in [0, 0.1) is 12.8 Å². The van der Waals surface area contributed by atoms with Crippen LogP contribution in [-0.2, 0) is 12.8 Å². The second kappa shape index (κ2) is 7.82. The summed E-state index contributed by atoms with van der Waals surface area (Å²) in [7, 11) is 0. The summed E-state index contributed by atoms with van der Waals surface area (Å²) >= 11 is 1.74. The van der Waals surface area contributed by atoms with Gasteiger partial charge in [0.1, 0.15) is 10.7 Å². The van der Waals surface area contributed by atoms with Gasteiger partial charge in [0.2, 0.25) is 0 Å². The Labute approximate surface area is 181 Å². The van der Waals surface area contributed by atoms with Crippen molar-refractivity contribution in [2.75, 3.05) is 31.1 Å². The van der Waals surface area contributed by atoms with Gasteiger partial charge >= 0.3 is 0 Å². The van der Waals surface area contributed by atoms with Crippen LogP contribution in [0.3, 0.4) is 0 Å². The lowest BCUT2D eigenvalue weighted by Crippen LogP contribution is -2.47. The van der Waals surface area contributed by atoms with E-state index >= 15 is 0 Å². The van der Waals surface area contributed by atoms with Crippen molar-refractivity contribution >= 4 is 27.2 Å². The molecule has 0 amide bonds. The zero-order chi connectivity index (χ0) is 20.8. The Morgan fingerprint density at radius 2 is 1.97 bits per heavy atom. The molecule has 2 atom stereocenters. The Morgan fingerprint density at radius 1 is 1.20 bits per heavy atom. The highest BCUT2D eigenvalue weighted by atomic mass is 32.1. The molecule has 1 aliphatic heterocycles. The van der Waals surface area contributed by atoms with E-state index in [4.69, 9.17) is 4.98 Å². The standard InChI is InChI=1S/C24H30N4OS/c1-15-8-9-18-20(14-15)30-24-21(18)23(29)25-22(26-24)17(3)27-10-12-28(13-11-27)19-7-5-4-6-16(19)2/h4-7,15,17H,8-14H2,1-3H3,(H,25,26,29)/t15-,17+/m0/s1. The number of hydrogen-bond donors (Lipinski definition) is 1. The Kier molecular flexibility index (Phi) is 5.15. The number of nitrogens with one attached hydrogen (secondary N) is 1. The first-order valence-electron chi connectivity index (χ1n) is 11.1. The molecule has 1 N–H and O–H groups in total. The maximum absolute atomic E-state index is 13.0. The molecule has 3 heterocycles. The molecule has 1 aliphatic carbocycles. The lowest BCUT2D eigenvalue weighted by molar-refractivity contribution is 0.191. The van der Waals surface area contributed by atoms with Crippen LogP contribution in [0.5, 0.6) is 0 Å². The minimum absolute atomic E-state index is 0.0486. The minimum Gasteiger partial charge on any atom is -0.369 e. The van der Waals surface area contributed by atoms with Gasteiger partial charge in [-0.05, 0) is 56.2 Å². The summed E-state index contributed by atoms with van der Waals surface area (Å²) in [5.41, 5.74) is 3.96. The fourth-order valence-corrected chi connectivity index (χ4v) is 6.40. The molecule has 1 aromatic carbocycles. The lowest BCUT2D eigenvalue weighted by Gasteiger charge is -2.39. The third kappa shape index (κ3) is 3.46. The Bertz CT molecular complexity index is 1130. The van der Waals surface area contributed by atoms with E-state index < -0.39 is 0 Å². The monoisotopic (exact) mass is 422 g/mol. The normalized spacial score (nSPS) is 21.0. The molecule has 6 heteroatoms. The minimum atomic E-state index is 0.0486.